The molecule has 242 valence electrons. The van der Waals surface area contributed by atoms with E-state index < -0.39 is 35.5 Å². The van der Waals surface area contributed by atoms with E-state index in [1.807, 2.05) is 7.05 Å². The summed E-state index contributed by atoms with van der Waals surface area (Å²) in [6.45, 7) is 7.64. The lowest BCUT2D eigenvalue weighted by atomic mass is 9.95. The van der Waals surface area contributed by atoms with E-state index >= 15 is 17.6 Å². The summed E-state index contributed by atoms with van der Waals surface area (Å²) in [7, 11) is 1.97. The maximum absolute atomic E-state index is 15.2. The summed E-state index contributed by atoms with van der Waals surface area (Å²) in [6, 6.07) is 4.61. The van der Waals surface area contributed by atoms with Crippen LogP contribution in [0.2, 0.25) is 5.02 Å². The summed E-state index contributed by atoms with van der Waals surface area (Å²) in [6.07, 6.45) is -3.76. The average Bonchev–Trinajstić information content (AvgIpc) is 3.31. The molecule has 4 aliphatic heterocycles. The van der Waals surface area contributed by atoms with Gasteiger partial charge in [-0.15, -0.1) is 0 Å². The third-order valence-electron chi connectivity index (χ3n) is 9.61. The number of alkyl halides is 3. The van der Waals surface area contributed by atoms with Crippen molar-refractivity contribution in [1.29, 1.82) is 0 Å². The number of benzene rings is 1. The fourth-order valence-electron chi connectivity index (χ4n) is 6.87. The number of halogens is 5. The maximum Gasteiger partial charge on any atom is 0.411 e. The molecule has 2 unspecified atom stereocenters. The third-order valence-corrected chi connectivity index (χ3v) is 9.96. The van der Waals surface area contributed by atoms with Crippen LogP contribution in [0.25, 0.3) is 11.3 Å². The highest BCUT2D eigenvalue weighted by atomic mass is 35.5. The van der Waals surface area contributed by atoms with Gasteiger partial charge in [0.2, 0.25) is 5.91 Å². The summed E-state index contributed by atoms with van der Waals surface area (Å²) in [5.41, 5.74) is -2.74. The third kappa shape index (κ3) is 5.42. The molecule has 3 fully saturated rings. The number of piperazine rings is 2. The van der Waals surface area contributed by atoms with Crippen LogP contribution >= 0.6 is 11.6 Å². The number of carbonyl (C=O) groups excluding carboxylic acids is 2. The topological polar surface area (TPSA) is 72.5 Å². The molecule has 0 aliphatic carbocycles. The van der Waals surface area contributed by atoms with Gasteiger partial charge in [-0.05, 0) is 38.6 Å². The molecule has 0 N–H and O–H groups in total. The highest BCUT2D eigenvalue weighted by Crippen LogP contribution is 2.51. The number of rotatable bonds is 4. The largest absolute Gasteiger partial charge is 0.489 e. The Bertz CT molecular complexity index is 1520. The maximum atomic E-state index is 15.2. The van der Waals surface area contributed by atoms with Crippen LogP contribution < -0.4 is 9.64 Å². The summed E-state index contributed by atoms with van der Waals surface area (Å²) in [5, 5.41) is -0.172. The molecule has 1 aromatic carbocycles. The van der Waals surface area contributed by atoms with Crippen LogP contribution in [0.15, 0.2) is 36.9 Å². The number of nitrogens with zero attached hydrogens (tertiary/aromatic N) is 6. The van der Waals surface area contributed by atoms with Crippen LogP contribution in [0.4, 0.5) is 23.4 Å². The Labute approximate surface area is 263 Å². The molecule has 0 spiro atoms. The summed E-state index contributed by atoms with van der Waals surface area (Å²) in [5.74, 6) is -1.98. The van der Waals surface area contributed by atoms with Crippen molar-refractivity contribution >= 4 is 29.2 Å². The van der Waals surface area contributed by atoms with Gasteiger partial charge in [-0.3, -0.25) is 14.5 Å². The highest BCUT2D eigenvalue weighted by Gasteiger charge is 2.61. The molecule has 3 saturated heterocycles. The molecule has 3 atom stereocenters. The molecule has 4 aliphatic rings. The van der Waals surface area contributed by atoms with Gasteiger partial charge in [0.25, 0.3) is 5.91 Å². The van der Waals surface area contributed by atoms with Gasteiger partial charge in [-0.2, -0.15) is 13.2 Å². The lowest BCUT2D eigenvalue weighted by Crippen LogP contribution is -2.57. The number of hydrogen-bond donors (Lipinski definition) is 0. The first kappa shape index (κ1) is 31.6. The second-order valence-electron chi connectivity index (χ2n) is 12.3. The van der Waals surface area contributed by atoms with Gasteiger partial charge in [0, 0.05) is 64.0 Å². The van der Waals surface area contributed by atoms with E-state index in [2.05, 4.69) is 21.4 Å². The van der Waals surface area contributed by atoms with Gasteiger partial charge in [-0.1, -0.05) is 30.3 Å². The standard InChI is InChI=1S/C31H35ClF4N6O3/c1-4-23(43)40-13-14-41-20(16-40)18-45-27-24(29(41)44)28(37-26(25(27)32)21-7-5-6-8-22(21)33)42-17-19(15-30(42,2)31(34,35)36)39-11-9-38(3)10-12-39/h4-8,19-20H,1,9-18H2,2-3H3/t19?,20-,30?/m1/s1. The number of ether oxygens (including phenoxy) is 1. The van der Waals surface area contributed by atoms with Crippen molar-refractivity contribution in [3.63, 3.8) is 0 Å². The molecule has 2 aromatic rings. The van der Waals surface area contributed by atoms with Gasteiger partial charge in [0.05, 0.1) is 11.7 Å². The molecule has 6 rings (SSSR count). The van der Waals surface area contributed by atoms with Gasteiger partial charge in [-0.25, -0.2) is 9.37 Å². The van der Waals surface area contributed by atoms with Crippen LogP contribution in [-0.2, 0) is 4.79 Å². The second kappa shape index (κ2) is 11.7. The lowest BCUT2D eigenvalue weighted by molar-refractivity contribution is -0.180. The van der Waals surface area contributed by atoms with E-state index in [9.17, 15) is 9.59 Å². The Morgan fingerprint density at radius 2 is 1.82 bits per heavy atom. The molecular formula is C31H35ClF4N6O3. The van der Waals surface area contributed by atoms with Gasteiger partial charge in [0.15, 0.2) is 5.75 Å². The number of pyridine rings is 1. The number of aromatic nitrogens is 1. The number of anilines is 1. The van der Waals surface area contributed by atoms with Crippen LogP contribution in [0.5, 0.6) is 5.75 Å². The number of fused-ring (bicyclic) bond motifs is 2. The predicted molar refractivity (Wildman–Crippen MR) is 161 cm³/mol. The second-order valence-corrected chi connectivity index (χ2v) is 12.7. The first-order valence-electron chi connectivity index (χ1n) is 14.9. The van der Waals surface area contributed by atoms with Gasteiger partial charge >= 0.3 is 6.18 Å². The summed E-state index contributed by atoms with van der Waals surface area (Å²) >= 11 is 6.82. The van der Waals surface area contributed by atoms with Crippen molar-refractivity contribution in [2.24, 2.45) is 0 Å². The zero-order valence-corrected chi connectivity index (χ0v) is 25.9. The number of carbonyl (C=O) groups is 2. The van der Waals surface area contributed by atoms with E-state index in [0.29, 0.717) is 13.1 Å². The fourth-order valence-corrected chi connectivity index (χ4v) is 7.16. The molecule has 9 nitrogen and oxygen atoms in total. The van der Waals surface area contributed by atoms with Gasteiger partial charge < -0.3 is 24.3 Å². The minimum absolute atomic E-state index is 0.0316. The summed E-state index contributed by atoms with van der Waals surface area (Å²) in [4.78, 5) is 39.7. The quantitative estimate of drug-likeness (QED) is 0.367. The van der Waals surface area contributed by atoms with Crippen LogP contribution in [-0.4, -0.2) is 126 Å². The van der Waals surface area contributed by atoms with E-state index in [1.54, 1.807) is 6.07 Å². The molecule has 2 amide bonds. The lowest BCUT2D eigenvalue weighted by Gasteiger charge is -2.40. The molecule has 0 bridgehead atoms. The molecule has 14 heteroatoms. The Kier molecular flexibility index (Phi) is 8.23. The molecule has 1 aromatic heterocycles. The zero-order valence-electron chi connectivity index (χ0n) is 25.1. The minimum atomic E-state index is -4.70. The smallest absolute Gasteiger partial charge is 0.411 e. The first-order valence-corrected chi connectivity index (χ1v) is 15.3. The summed E-state index contributed by atoms with van der Waals surface area (Å²) < 4.78 is 66.7. The van der Waals surface area contributed by atoms with Crippen molar-refractivity contribution in [2.75, 3.05) is 70.9 Å². The van der Waals surface area contributed by atoms with E-state index in [4.69, 9.17) is 16.3 Å². The Balaban J connectivity index is 1.51. The Hall–Kier alpha value is -3.42. The molecule has 0 radical (unpaired) electrons. The molecule has 0 saturated carbocycles. The number of hydrogen-bond acceptors (Lipinski definition) is 7. The SMILES string of the molecule is C=CC(=O)N1CCN2C(=O)c3c(N4CC(N5CCN(C)CC5)CC4(C)C(F)(F)F)nc(-c4ccccc4F)c(Cl)c3OC[C@H]2C1. The highest BCUT2D eigenvalue weighted by molar-refractivity contribution is 6.35. The van der Waals surface area contributed by atoms with Crippen molar-refractivity contribution in [3.8, 4) is 17.0 Å². The normalized spacial score (nSPS) is 26.3. The predicted octanol–water partition coefficient (Wildman–Crippen LogP) is 3.92. The minimum Gasteiger partial charge on any atom is -0.489 e. The molecule has 5 heterocycles. The zero-order chi connectivity index (χ0) is 32.3. The monoisotopic (exact) mass is 650 g/mol. The van der Waals surface area contributed by atoms with Crippen molar-refractivity contribution in [2.45, 2.75) is 37.1 Å². The fraction of sp³-hybridized carbons (Fsp3) is 0.516. The van der Waals surface area contributed by atoms with Crippen LogP contribution in [0.1, 0.15) is 23.7 Å². The van der Waals surface area contributed by atoms with Crippen LogP contribution in [0, 0.1) is 5.82 Å². The average molecular weight is 651 g/mol. The Morgan fingerprint density at radius 1 is 1.11 bits per heavy atom. The van der Waals surface area contributed by atoms with E-state index in [-0.39, 0.29) is 78.5 Å². The molecular weight excluding hydrogens is 616 g/mol. The van der Waals surface area contributed by atoms with Crippen LogP contribution in [0.3, 0.4) is 0 Å². The Morgan fingerprint density at radius 3 is 2.49 bits per heavy atom. The number of amides is 2. The molecule has 45 heavy (non-hydrogen) atoms. The van der Waals surface area contributed by atoms with Gasteiger partial charge in [0.1, 0.15) is 34.4 Å². The van der Waals surface area contributed by atoms with E-state index in [1.165, 1.54) is 34.1 Å². The number of likely N-dealkylation sites (N-methyl/N-ethyl adjacent to an activating group) is 1. The van der Waals surface area contributed by atoms with E-state index in [0.717, 1.165) is 24.9 Å². The first-order chi connectivity index (χ1) is 21.3. The van der Waals surface area contributed by atoms with Crippen molar-refractivity contribution < 1.29 is 31.9 Å². The van der Waals surface area contributed by atoms with Crippen molar-refractivity contribution in [1.82, 2.24) is 24.6 Å². The van der Waals surface area contributed by atoms with Crippen molar-refractivity contribution in [3.05, 3.63) is 53.3 Å².